The van der Waals surface area contributed by atoms with Crippen LogP contribution >= 0.6 is 0 Å². The van der Waals surface area contributed by atoms with Gasteiger partial charge in [0.2, 0.25) is 5.91 Å². The fourth-order valence-electron chi connectivity index (χ4n) is 3.42. The molecule has 2 amide bonds. The van der Waals surface area contributed by atoms with Crippen LogP contribution in [-0.4, -0.2) is 36.9 Å². The van der Waals surface area contributed by atoms with Crippen molar-refractivity contribution in [2.24, 2.45) is 5.92 Å². The summed E-state index contributed by atoms with van der Waals surface area (Å²) in [4.78, 5) is 27.0. The summed E-state index contributed by atoms with van der Waals surface area (Å²) in [6, 6.07) is 17.1. The number of nitrogens with one attached hydrogen (secondary N) is 1. The lowest BCUT2D eigenvalue weighted by Gasteiger charge is -2.32. The summed E-state index contributed by atoms with van der Waals surface area (Å²) >= 11 is 0. The zero-order valence-electron chi connectivity index (χ0n) is 15.9. The Morgan fingerprint density at radius 3 is 2.26 bits per heavy atom. The number of likely N-dealkylation sites (tertiary alicyclic amines) is 1. The number of piperidine rings is 1. The first-order valence-electron chi connectivity index (χ1n) is 9.37. The molecule has 1 heterocycles. The van der Waals surface area contributed by atoms with Gasteiger partial charge in [-0.05, 0) is 49.6 Å². The summed E-state index contributed by atoms with van der Waals surface area (Å²) in [5.41, 5.74) is 1.74. The van der Waals surface area contributed by atoms with Gasteiger partial charge in [-0.15, -0.1) is 0 Å². The van der Waals surface area contributed by atoms with Crippen molar-refractivity contribution in [3.63, 3.8) is 0 Å². The number of benzene rings is 2. The predicted octanol–water partition coefficient (Wildman–Crippen LogP) is 3.42. The molecule has 142 valence electrons. The Morgan fingerprint density at radius 1 is 1.04 bits per heavy atom. The number of rotatable bonds is 5. The lowest BCUT2D eigenvalue weighted by molar-refractivity contribution is -0.126. The topological polar surface area (TPSA) is 58.6 Å². The third kappa shape index (κ3) is 4.67. The Kier molecular flexibility index (Phi) is 6.12. The van der Waals surface area contributed by atoms with Gasteiger partial charge in [0.15, 0.2) is 0 Å². The van der Waals surface area contributed by atoms with Gasteiger partial charge in [-0.2, -0.15) is 0 Å². The second-order valence-electron chi connectivity index (χ2n) is 6.94. The van der Waals surface area contributed by atoms with Crippen LogP contribution in [0.25, 0.3) is 0 Å². The molecule has 0 saturated carbocycles. The van der Waals surface area contributed by atoms with E-state index in [1.807, 2.05) is 42.2 Å². The van der Waals surface area contributed by atoms with Gasteiger partial charge in [-0.25, -0.2) is 0 Å². The number of ether oxygens (including phenoxy) is 1. The van der Waals surface area contributed by atoms with Gasteiger partial charge in [0.05, 0.1) is 13.2 Å². The highest BCUT2D eigenvalue weighted by Crippen LogP contribution is 2.22. The second kappa shape index (κ2) is 8.71. The van der Waals surface area contributed by atoms with E-state index in [9.17, 15) is 9.59 Å². The highest BCUT2D eigenvalue weighted by molar-refractivity contribution is 5.94. The maximum atomic E-state index is 12.6. The van der Waals surface area contributed by atoms with E-state index in [1.54, 1.807) is 31.4 Å². The molecule has 5 nitrogen and oxygen atoms in total. The Hall–Kier alpha value is -2.82. The Morgan fingerprint density at radius 2 is 1.67 bits per heavy atom. The molecule has 1 atom stereocenters. The molecule has 0 spiro atoms. The molecule has 1 saturated heterocycles. The van der Waals surface area contributed by atoms with Crippen molar-refractivity contribution in [1.82, 2.24) is 10.2 Å². The zero-order chi connectivity index (χ0) is 19.2. The highest BCUT2D eigenvalue weighted by atomic mass is 16.5. The molecular formula is C22H26N2O3. The van der Waals surface area contributed by atoms with Crippen LogP contribution in [0.1, 0.15) is 41.7 Å². The SMILES string of the molecule is COc1ccc(C(=O)N2CCC(C(=O)N[C@H](C)c3ccccc3)CC2)cc1. The predicted molar refractivity (Wildman–Crippen MR) is 105 cm³/mol. The maximum absolute atomic E-state index is 12.6. The quantitative estimate of drug-likeness (QED) is 0.882. The van der Waals surface area contributed by atoms with Gasteiger partial charge < -0.3 is 15.0 Å². The van der Waals surface area contributed by atoms with Crippen LogP contribution in [0.3, 0.4) is 0 Å². The number of hydrogen-bond donors (Lipinski definition) is 1. The van der Waals surface area contributed by atoms with E-state index in [1.165, 1.54) is 0 Å². The lowest BCUT2D eigenvalue weighted by atomic mass is 9.94. The minimum Gasteiger partial charge on any atom is -0.497 e. The number of methoxy groups -OCH3 is 1. The van der Waals surface area contributed by atoms with E-state index in [-0.39, 0.29) is 23.8 Å². The molecule has 1 aliphatic rings. The molecule has 1 aliphatic heterocycles. The molecule has 27 heavy (non-hydrogen) atoms. The van der Waals surface area contributed by atoms with Crippen molar-refractivity contribution in [3.8, 4) is 5.75 Å². The first-order valence-corrected chi connectivity index (χ1v) is 9.37. The Balaban J connectivity index is 1.51. The summed E-state index contributed by atoms with van der Waals surface area (Å²) in [5.74, 6) is 0.766. The summed E-state index contributed by atoms with van der Waals surface area (Å²) in [7, 11) is 1.60. The molecule has 0 radical (unpaired) electrons. The average molecular weight is 366 g/mol. The third-order valence-electron chi connectivity index (χ3n) is 5.15. The normalized spacial score (nSPS) is 15.9. The molecule has 0 aliphatic carbocycles. The van der Waals surface area contributed by atoms with Crippen LogP contribution in [0, 0.1) is 5.92 Å². The van der Waals surface area contributed by atoms with Crippen molar-refractivity contribution < 1.29 is 14.3 Å². The van der Waals surface area contributed by atoms with E-state index >= 15 is 0 Å². The number of nitrogens with zero attached hydrogens (tertiary/aromatic N) is 1. The summed E-state index contributed by atoms with van der Waals surface area (Å²) < 4.78 is 5.13. The molecule has 1 N–H and O–H groups in total. The molecule has 2 aromatic carbocycles. The molecule has 0 bridgehead atoms. The minimum atomic E-state index is -0.0453. The van der Waals surface area contributed by atoms with Crippen LogP contribution in [-0.2, 0) is 4.79 Å². The number of amides is 2. The molecule has 1 fully saturated rings. The van der Waals surface area contributed by atoms with Gasteiger partial charge in [0, 0.05) is 24.6 Å². The van der Waals surface area contributed by atoms with Crippen LogP contribution in [0.2, 0.25) is 0 Å². The highest BCUT2D eigenvalue weighted by Gasteiger charge is 2.28. The molecular weight excluding hydrogens is 340 g/mol. The van der Waals surface area contributed by atoms with Crippen LogP contribution in [0.4, 0.5) is 0 Å². The summed E-state index contributed by atoms with van der Waals surface area (Å²) in [6.45, 7) is 3.20. The Bertz CT molecular complexity index is 766. The van der Waals surface area contributed by atoms with Crippen LogP contribution in [0.15, 0.2) is 54.6 Å². The standard InChI is InChI=1S/C22H26N2O3/c1-16(17-6-4-3-5-7-17)23-21(25)18-12-14-24(15-13-18)22(26)19-8-10-20(27-2)11-9-19/h3-11,16,18H,12-15H2,1-2H3,(H,23,25)/t16-/m1/s1. The average Bonchev–Trinajstić information content (AvgIpc) is 2.74. The first-order chi connectivity index (χ1) is 13.1. The van der Waals surface area contributed by atoms with E-state index in [4.69, 9.17) is 4.74 Å². The minimum absolute atomic E-state index is 0.00849. The van der Waals surface area contributed by atoms with Gasteiger partial charge in [-0.3, -0.25) is 9.59 Å². The van der Waals surface area contributed by atoms with Gasteiger partial charge >= 0.3 is 0 Å². The maximum Gasteiger partial charge on any atom is 0.253 e. The number of hydrogen-bond acceptors (Lipinski definition) is 3. The molecule has 3 rings (SSSR count). The largest absolute Gasteiger partial charge is 0.497 e. The van der Waals surface area contributed by atoms with E-state index in [2.05, 4.69) is 5.32 Å². The third-order valence-corrected chi connectivity index (χ3v) is 5.15. The molecule has 5 heteroatoms. The number of carbonyl (C=O) groups is 2. The summed E-state index contributed by atoms with van der Waals surface area (Å²) in [6.07, 6.45) is 1.38. The zero-order valence-corrected chi connectivity index (χ0v) is 15.9. The molecule has 0 unspecified atom stereocenters. The second-order valence-corrected chi connectivity index (χ2v) is 6.94. The smallest absolute Gasteiger partial charge is 0.253 e. The van der Waals surface area contributed by atoms with E-state index in [0.717, 1.165) is 11.3 Å². The van der Waals surface area contributed by atoms with Gasteiger partial charge in [-0.1, -0.05) is 30.3 Å². The van der Waals surface area contributed by atoms with Crippen molar-refractivity contribution in [1.29, 1.82) is 0 Å². The molecule has 0 aromatic heterocycles. The van der Waals surface area contributed by atoms with Crippen molar-refractivity contribution in [2.75, 3.05) is 20.2 Å². The first kappa shape index (κ1) is 19.0. The Labute approximate surface area is 160 Å². The monoisotopic (exact) mass is 366 g/mol. The van der Waals surface area contributed by atoms with E-state index in [0.29, 0.717) is 31.5 Å². The van der Waals surface area contributed by atoms with Crippen LogP contribution in [0.5, 0.6) is 5.75 Å². The fourth-order valence-corrected chi connectivity index (χ4v) is 3.42. The van der Waals surface area contributed by atoms with E-state index < -0.39 is 0 Å². The van der Waals surface area contributed by atoms with Crippen molar-refractivity contribution >= 4 is 11.8 Å². The number of carbonyl (C=O) groups excluding carboxylic acids is 2. The lowest BCUT2D eigenvalue weighted by Crippen LogP contribution is -2.43. The fraction of sp³-hybridized carbons (Fsp3) is 0.364. The van der Waals surface area contributed by atoms with Crippen molar-refractivity contribution in [2.45, 2.75) is 25.8 Å². The van der Waals surface area contributed by atoms with Crippen molar-refractivity contribution in [3.05, 3.63) is 65.7 Å². The summed E-state index contributed by atoms with van der Waals surface area (Å²) in [5, 5.41) is 3.10. The molecule has 2 aromatic rings. The van der Waals surface area contributed by atoms with Gasteiger partial charge in [0.25, 0.3) is 5.91 Å². The van der Waals surface area contributed by atoms with Gasteiger partial charge in [0.1, 0.15) is 5.75 Å². The van der Waals surface area contributed by atoms with Crippen LogP contribution < -0.4 is 10.1 Å².